The van der Waals surface area contributed by atoms with Crippen molar-refractivity contribution in [3.05, 3.63) is 72.7 Å². The molecule has 0 bridgehead atoms. The zero-order chi connectivity index (χ0) is 20.4. The number of benzene rings is 2. The quantitative estimate of drug-likeness (QED) is 0.507. The van der Waals surface area contributed by atoms with E-state index in [4.69, 9.17) is 10.8 Å². The fraction of sp³-hybridized carbons (Fsp3) is 0.143. The number of nitrogen functional groups attached to an aromatic ring is 1. The molecule has 0 atom stereocenters. The highest BCUT2D eigenvalue weighted by Gasteiger charge is 2.17. The number of rotatable bonds is 6. The minimum atomic E-state index is -3.38. The molecule has 0 amide bonds. The fourth-order valence-electron chi connectivity index (χ4n) is 3.38. The first-order chi connectivity index (χ1) is 14.0. The normalized spacial score (nSPS) is 11.8. The largest absolute Gasteiger partial charge is 0.395 e. The number of aromatic nitrogens is 3. The van der Waals surface area contributed by atoms with Crippen LogP contribution >= 0.6 is 0 Å². The number of fused-ring (bicyclic) bond motifs is 1. The van der Waals surface area contributed by atoms with Gasteiger partial charge in [-0.15, -0.1) is 0 Å². The van der Waals surface area contributed by atoms with E-state index in [0.717, 1.165) is 22.2 Å². The van der Waals surface area contributed by atoms with Crippen LogP contribution in [0.4, 0.5) is 5.82 Å². The van der Waals surface area contributed by atoms with Crippen LogP contribution in [0.25, 0.3) is 27.8 Å². The fourth-order valence-corrected chi connectivity index (χ4v) is 4.49. The van der Waals surface area contributed by atoms with Gasteiger partial charge in [-0.05, 0) is 23.3 Å². The van der Waals surface area contributed by atoms with Crippen LogP contribution in [0.15, 0.2) is 67.1 Å². The van der Waals surface area contributed by atoms with Gasteiger partial charge in [0, 0.05) is 17.4 Å². The smallest absolute Gasteiger partial charge is 0.156 e. The van der Waals surface area contributed by atoms with Gasteiger partial charge in [-0.25, -0.2) is 18.4 Å². The first-order valence-electron chi connectivity index (χ1n) is 9.06. The summed E-state index contributed by atoms with van der Waals surface area (Å²) in [4.78, 5) is 8.56. The first-order valence-corrected chi connectivity index (χ1v) is 10.9. The van der Waals surface area contributed by atoms with Crippen LogP contribution in [0, 0.1) is 0 Å². The highest BCUT2D eigenvalue weighted by atomic mass is 32.2. The summed E-state index contributed by atoms with van der Waals surface area (Å²) in [5.41, 5.74) is 10.1. The average molecular weight is 408 g/mol. The molecule has 4 rings (SSSR count). The Labute approximate surface area is 168 Å². The lowest BCUT2D eigenvalue weighted by atomic mass is 10.1. The highest BCUT2D eigenvalue weighted by molar-refractivity contribution is 7.90. The Morgan fingerprint density at radius 1 is 1.03 bits per heavy atom. The molecule has 2 heterocycles. The average Bonchev–Trinajstić information content (AvgIpc) is 3.09. The Morgan fingerprint density at radius 3 is 2.59 bits per heavy atom. The van der Waals surface area contributed by atoms with Crippen LogP contribution in [0.2, 0.25) is 0 Å². The summed E-state index contributed by atoms with van der Waals surface area (Å²) in [6.45, 7) is -0.388. The van der Waals surface area contributed by atoms with Gasteiger partial charge in [-0.2, -0.15) is 0 Å². The number of aliphatic hydroxyl groups excluding tert-OH is 1. The van der Waals surface area contributed by atoms with Gasteiger partial charge in [-0.1, -0.05) is 42.5 Å². The van der Waals surface area contributed by atoms with Gasteiger partial charge in [0.05, 0.1) is 23.5 Å². The standard InChI is InChI=1S/C21H20N4O3S/c22-20-19-18(16-6-2-1-3-7-16)12-25(21(19)24-14-23-20)17-8-4-5-15(11-17)13-29(27,28)10-9-26/h1-8,11-12,14,26H,9-10,13H2,(H2,22,23,24). The molecule has 3 N–H and O–H groups in total. The van der Waals surface area contributed by atoms with Crippen molar-refractivity contribution < 1.29 is 13.5 Å². The molecule has 0 radical (unpaired) electrons. The first kappa shape index (κ1) is 19.1. The molecule has 148 valence electrons. The lowest BCUT2D eigenvalue weighted by Gasteiger charge is -2.08. The molecule has 0 saturated carbocycles. The van der Waals surface area contributed by atoms with Crippen molar-refractivity contribution in [2.24, 2.45) is 0 Å². The van der Waals surface area contributed by atoms with Crippen LogP contribution in [0.5, 0.6) is 0 Å². The molecule has 4 aromatic rings. The number of nitrogens with two attached hydrogens (primary N) is 1. The van der Waals surface area contributed by atoms with E-state index in [1.165, 1.54) is 6.33 Å². The molecule has 2 aromatic heterocycles. The lowest BCUT2D eigenvalue weighted by molar-refractivity contribution is 0.319. The zero-order valence-electron chi connectivity index (χ0n) is 15.6. The maximum Gasteiger partial charge on any atom is 0.156 e. The molecular formula is C21H20N4O3S. The number of nitrogens with zero attached hydrogens (tertiary/aromatic N) is 3. The van der Waals surface area contributed by atoms with Gasteiger partial charge in [0.1, 0.15) is 12.1 Å². The zero-order valence-corrected chi connectivity index (χ0v) is 16.4. The summed E-state index contributed by atoms with van der Waals surface area (Å²) in [6, 6.07) is 17.1. The number of hydrogen-bond donors (Lipinski definition) is 2. The molecule has 0 aliphatic carbocycles. The van der Waals surface area contributed by atoms with Crippen molar-refractivity contribution in [2.75, 3.05) is 18.1 Å². The monoisotopic (exact) mass is 408 g/mol. The van der Waals surface area contributed by atoms with Crippen molar-refractivity contribution in [2.45, 2.75) is 5.75 Å². The van der Waals surface area contributed by atoms with E-state index in [1.807, 2.05) is 47.2 Å². The van der Waals surface area contributed by atoms with Gasteiger partial charge >= 0.3 is 0 Å². The number of sulfone groups is 1. The van der Waals surface area contributed by atoms with Crippen LogP contribution in [0.3, 0.4) is 0 Å². The van der Waals surface area contributed by atoms with Crippen molar-refractivity contribution in [3.8, 4) is 16.8 Å². The van der Waals surface area contributed by atoms with Crippen molar-refractivity contribution in [3.63, 3.8) is 0 Å². The van der Waals surface area contributed by atoms with E-state index in [-0.39, 0.29) is 18.1 Å². The summed E-state index contributed by atoms with van der Waals surface area (Å²) in [5, 5.41) is 9.71. The Hall–Kier alpha value is -3.23. The Kier molecular flexibility index (Phi) is 5.04. The highest BCUT2D eigenvalue weighted by Crippen LogP contribution is 2.34. The summed E-state index contributed by atoms with van der Waals surface area (Å²) in [7, 11) is -3.38. The van der Waals surface area contributed by atoms with Gasteiger partial charge in [0.15, 0.2) is 15.5 Å². The minimum absolute atomic E-state index is 0.136. The predicted molar refractivity (Wildman–Crippen MR) is 113 cm³/mol. The van der Waals surface area contributed by atoms with Crippen LogP contribution in [-0.4, -0.2) is 40.4 Å². The second kappa shape index (κ2) is 7.65. The van der Waals surface area contributed by atoms with E-state index >= 15 is 0 Å². The van der Waals surface area contributed by atoms with E-state index in [1.54, 1.807) is 18.2 Å². The summed E-state index contributed by atoms with van der Waals surface area (Å²) in [6.07, 6.45) is 3.35. The van der Waals surface area contributed by atoms with Crippen molar-refractivity contribution in [1.82, 2.24) is 14.5 Å². The molecule has 0 aliphatic heterocycles. The molecule has 0 spiro atoms. The van der Waals surface area contributed by atoms with E-state index in [9.17, 15) is 8.42 Å². The van der Waals surface area contributed by atoms with Crippen molar-refractivity contribution >= 4 is 26.7 Å². The summed E-state index contributed by atoms with van der Waals surface area (Å²) in [5.74, 6) is -0.0104. The topological polar surface area (TPSA) is 111 Å². The van der Waals surface area contributed by atoms with Crippen LogP contribution < -0.4 is 5.73 Å². The molecule has 0 fully saturated rings. The molecule has 8 heteroatoms. The molecule has 2 aromatic carbocycles. The predicted octanol–water partition coefficient (Wildman–Crippen LogP) is 2.58. The molecular weight excluding hydrogens is 388 g/mol. The molecule has 0 aliphatic rings. The maximum absolute atomic E-state index is 12.1. The lowest BCUT2D eigenvalue weighted by Crippen LogP contribution is -2.12. The molecule has 0 saturated heterocycles. The minimum Gasteiger partial charge on any atom is -0.395 e. The molecule has 7 nitrogen and oxygen atoms in total. The Morgan fingerprint density at radius 2 is 1.83 bits per heavy atom. The molecule has 29 heavy (non-hydrogen) atoms. The van der Waals surface area contributed by atoms with Crippen molar-refractivity contribution in [1.29, 1.82) is 0 Å². The third-order valence-corrected chi connectivity index (χ3v) is 6.25. The van der Waals surface area contributed by atoms with Gasteiger partial charge in [0.2, 0.25) is 0 Å². The van der Waals surface area contributed by atoms with Gasteiger partial charge in [-0.3, -0.25) is 0 Å². The third-order valence-electron chi connectivity index (χ3n) is 4.67. The summed E-state index contributed by atoms with van der Waals surface area (Å²) >= 11 is 0. The van der Waals surface area contributed by atoms with E-state index in [2.05, 4.69) is 9.97 Å². The number of anilines is 1. The maximum atomic E-state index is 12.1. The molecule has 0 unspecified atom stereocenters. The number of aliphatic hydroxyl groups is 1. The third kappa shape index (κ3) is 3.85. The van der Waals surface area contributed by atoms with E-state index < -0.39 is 9.84 Å². The summed E-state index contributed by atoms with van der Waals surface area (Å²) < 4.78 is 26.1. The van der Waals surface area contributed by atoms with Crippen LogP contribution in [0.1, 0.15) is 5.56 Å². The van der Waals surface area contributed by atoms with Crippen LogP contribution in [-0.2, 0) is 15.6 Å². The SMILES string of the molecule is Nc1ncnc2c1c(-c1ccccc1)cn2-c1cccc(CS(=O)(=O)CCO)c1. The van der Waals surface area contributed by atoms with Gasteiger partial charge in [0.25, 0.3) is 0 Å². The second-order valence-electron chi connectivity index (χ2n) is 6.72. The van der Waals surface area contributed by atoms with E-state index in [0.29, 0.717) is 17.0 Å². The second-order valence-corrected chi connectivity index (χ2v) is 8.91. The number of hydrogen-bond acceptors (Lipinski definition) is 6. The Balaban J connectivity index is 1.86. The Bertz CT molecular complexity index is 1270. The van der Waals surface area contributed by atoms with Gasteiger partial charge < -0.3 is 15.4 Å².